The first-order valence-electron chi connectivity index (χ1n) is 7.59. The van der Waals surface area contributed by atoms with Gasteiger partial charge in [0.2, 0.25) is 0 Å². The fourth-order valence-electron chi connectivity index (χ4n) is 2.20. The normalized spacial score (nSPS) is 12.2. The van der Waals surface area contributed by atoms with Crippen molar-refractivity contribution in [3.63, 3.8) is 0 Å². The average Bonchev–Trinajstić information content (AvgIpc) is 2.45. The van der Waals surface area contributed by atoms with E-state index in [-0.39, 0.29) is 12.5 Å². The lowest BCUT2D eigenvalue weighted by molar-refractivity contribution is -0.140. The van der Waals surface area contributed by atoms with Crippen LogP contribution in [-0.2, 0) is 16.1 Å². The van der Waals surface area contributed by atoms with Crippen LogP contribution in [0.2, 0.25) is 0 Å². The van der Waals surface area contributed by atoms with Crippen molar-refractivity contribution in [1.29, 1.82) is 0 Å². The molecule has 1 atom stereocenters. The van der Waals surface area contributed by atoms with Crippen LogP contribution in [0.4, 0.5) is 0 Å². The highest BCUT2D eigenvalue weighted by molar-refractivity contribution is 5.67. The summed E-state index contributed by atoms with van der Waals surface area (Å²) in [6.07, 6.45) is 6.69. The fourth-order valence-corrected chi connectivity index (χ4v) is 2.20. The molecule has 0 saturated carbocycles. The van der Waals surface area contributed by atoms with E-state index in [0.29, 0.717) is 6.61 Å². The van der Waals surface area contributed by atoms with Crippen molar-refractivity contribution in [3.05, 3.63) is 35.9 Å². The largest absolute Gasteiger partial charge is 0.481 e. The fraction of sp³-hybridized carbons (Fsp3) is 0.588. The van der Waals surface area contributed by atoms with Gasteiger partial charge in [-0.2, -0.15) is 0 Å². The zero-order valence-electron chi connectivity index (χ0n) is 12.4. The molecule has 20 heavy (non-hydrogen) atoms. The number of ether oxygens (including phenoxy) is 1. The van der Waals surface area contributed by atoms with E-state index in [2.05, 4.69) is 6.92 Å². The van der Waals surface area contributed by atoms with Crippen LogP contribution in [0.25, 0.3) is 0 Å². The zero-order valence-corrected chi connectivity index (χ0v) is 12.4. The number of carboxylic acid groups (broad SMARTS) is 1. The first-order valence-corrected chi connectivity index (χ1v) is 7.59. The van der Waals surface area contributed by atoms with Crippen molar-refractivity contribution in [2.75, 3.05) is 0 Å². The van der Waals surface area contributed by atoms with Gasteiger partial charge in [0.25, 0.3) is 0 Å². The van der Waals surface area contributed by atoms with Gasteiger partial charge in [-0.25, -0.2) is 0 Å². The third kappa shape index (κ3) is 7.95. The smallest absolute Gasteiger partial charge is 0.305 e. The summed E-state index contributed by atoms with van der Waals surface area (Å²) in [6.45, 7) is 2.68. The molecule has 1 unspecified atom stereocenters. The molecule has 1 aromatic carbocycles. The van der Waals surface area contributed by atoms with Gasteiger partial charge < -0.3 is 9.84 Å². The number of carboxylic acids is 1. The SMILES string of the molecule is CCCCCCCC(CC(=O)O)OCc1ccccc1. The van der Waals surface area contributed by atoms with E-state index >= 15 is 0 Å². The number of unbranched alkanes of at least 4 members (excludes halogenated alkanes) is 4. The molecule has 0 fully saturated rings. The molecule has 1 N–H and O–H groups in total. The quantitative estimate of drug-likeness (QED) is 0.610. The van der Waals surface area contributed by atoms with Crippen LogP contribution in [-0.4, -0.2) is 17.2 Å². The molecule has 1 aromatic rings. The summed E-state index contributed by atoms with van der Waals surface area (Å²) in [6, 6.07) is 9.90. The van der Waals surface area contributed by atoms with Crippen molar-refractivity contribution in [3.8, 4) is 0 Å². The molecule has 0 aromatic heterocycles. The zero-order chi connectivity index (χ0) is 14.6. The van der Waals surface area contributed by atoms with Crippen LogP contribution in [0.1, 0.15) is 57.4 Å². The van der Waals surface area contributed by atoms with E-state index in [1.165, 1.54) is 25.7 Å². The Labute approximate surface area is 122 Å². The monoisotopic (exact) mass is 278 g/mol. The van der Waals surface area contributed by atoms with Crippen LogP contribution < -0.4 is 0 Å². The average molecular weight is 278 g/mol. The number of aliphatic carboxylic acids is 1. The molecule has 3 heteroatoms. The lowest BCUT2D eigenvalue weighted by Gasteiger charge is -2.16. The second kappa shape index (κ2) is 10.4. The predicted molar refractivity (Wildman–Crippen MR) is 80.6 cm³/mol. The maximum Gasteiger partial charge on any atom is 0.305 e. The van der Waals surface area contributed by atoms with E-state index in [1.807, 2.05) is 30.3 Å². The number of hydrogen-bond acceptors (Lipinski definition) is 2. The minimum Gasteiger partial charge on any atom is -0.481 e. The first-order chi connectivity index (χ1) is 9.72. The molecule has 0 radical (unpaired) electrons. The molecular formula is C17H26O3. The molecule has 0 saturated heterocycles. The van der Waals surface area contributed by atoms with Gasteiger partial charge in [0.1, 0.15) is 0 Å². The Bertz CT molecular complexity index is 362. The number of benzene rings is 1. The molecule has 0 aliphatic heterocycles. The number of rotatable bonds is 11. The summed E-state index contributed by atoms with van der Waals surface area (Å²) < 4.78 is 5.76. The maximum absolute atomic E-state index is 10.9. The van der Waals surface area contributed by atoms with Crippen LogP contribution in [0, 0.1) is 0 Å². The molecule has 3 nitrogen and oxygen atoms in total. The van der Waals surface area contributed by atoms with E-state index in [0.717, 1.165) is 18.4 Å². The molecule has 0 aliphatic carbocycles. The van der Waals surface area contributed by atoms with Gasteiger partial charge in [-0.3, -0.25) is 4.79 Å². The molecule has 0 aliphatic rings. The lowest BCUT2D eigenvalue weighted by atomic mass is 10.1. The highest BCUT2D eigenvalue weighted by atomic mass is 16.5. The van der Waals surface area contributed by atoms with E-state index in [9.17, 15) is 4.79 Å². The van der Waals surface area contributed by atoms with Gasteiger partial charge in [-0.15, -0.1) is 0 Å². The van der Waals surface area contributed by atoms with Gasteiger partial charge in [-0.1, -0.05) is 69.4 Å². The Balaban J connectivity index is 2.30. The first kappa shape index (κ1) is 16.7. The second-order valence-corrected chi connectivity index (χ2v) is 5.22. The standard InChI is InChI=1S/C17H26O3/c1-2-3-4-5-9-12-16(13-17(18)19)20-14-15-10-7-6-8-11-15/h6-8,10-11,16H,2-5,9,12-14H2,1H3,(H,18,19). The third-order valence-corrected chi connectivity index (χ3v) is 3.36. The van der Waals surface area contributed by atoms with Gasteiger partial charge in [0, 0.05) is 0 Å². The summed E-state index contributed by atoms with van der Waals surface area (Å²) in [5.74, 6) is -0.781. The Hall–Kier alpha value is -1.35. The minimum absolute atomic E-state index is 0.0978. The van der Waals surface area contributed by atoms with Crippen molar-refractivity contribution in [2.24, 2.45) is 0 Å². The minimum atomic E-state index is -0.781. The van der Waals surface area contributed by atoms with Crippen molar-refractivity contribution in [1.82, 2.24) is 0 Å². The summed E-state index contributed by atoms with van der Waals surface area (Å²) >= 11 is 0. The van der Waals surface area contributed by atoms with E-state index in [4.69, 9.17) is 9.84 Å². The van der Waals surface area contributed by atoms with Crippen LogP contribution in [0.5, 0.6) is 0 Å². The Kier molecular flexibility index (Phi) is 8.72. The van der Waals surface area contributed by atoms with Crippen molar-refractivity contribution < 1.29 is 14.6 Å². The van der Waals surface area contributed by atoms with Gasteiger partial charge in [0.05, 0.1) is 19.1 Å². The van der Waals surface area contributed by atoms with Crippen molar-refractivity contribution in [2.45, 2.75) is 64.6 Å². The molecule has 0 heterocycles. The predicted octanol–water partition coefficient (Wildman–Crippen LogP) is 4.41. The maximum atomic E-state index is 10.9. The van der Waals surface area contributed by atoms with Crippen molar-refractivity contribution >= 4 is 5.97 Å². The second-order valence-electron chi connectivity index (χ2n) is 5.22. The molecular weight excluding hydrogens is 252 g/mol. The van der Waals surface area contributed by atoms with Crippen LogP contribution in [0.3, 0.4) is 0 Å². The molecule has 0 amide bonds. The van der Waals surface area contributed by atoms with Crippen LogP contribution in [0.15, 0.2) is 30.3 Å². The van der Waals surface area contributed by atoms with Gasteiger partial charge in [-0.05, 0) is 12.0 Å². The van der Waals surface area contributed by atoms with Crippen LogP contribution >= 0.6 is 0 Å². The summed E-state index contributed by atoms with van der Waals surface area (Å²) in [5.41, 5.74) is 1.09. The highest BCUT2D eigenvalue weighted by Gasteiger charge is 2.13. The molecule has 0 spiro atoms. The molecule has 112 valence electrons. The summed E-state index contributed by atoms with van der Waals surface area (Å²) in [4.78, 5) is 10.9. The van der Waals surface area contributed by atoms with E-state index < -0.39 is 5.97 Å². The van der Waals surface area contributed by atoms with Gasteiger partial charge >= 0.3 is 5.97 Å². The van der Waals surface area contributed by atoms with Gasteiger partial charge in [0.15, 0.2) is 0 Å². The Morgan fingerprint density at radius 1 is 1.15 bits per heavy atom. The Morgan fingerprint density at radius 3 is 2.50 bits per heavy atom. The third-order valence-electron chi connectivity index (χ3n) is 3.36. The molecule has 1 rings (SSSR count). The summed E-state index contributed by atoms with van der Waals surface area (Å²) in [5, 5.41) is 8.94. The number of hydrogen-bond donors (Lipinski definition) is 1. The molecule has 0 bridgehead atoms. The Morgan fingerprint density at radius 2 is 1.85 bits per heavy atom. The summed E-state index contributed by atoms with van der Waals surface area (Å²) in [7, 11) is 0. The van der Waals surface area contributed by atoms with E-state index in [1.54, 1.807) is 0 Å². The topological polar surface area (TPSA) is 46.5 Å². The number of carbonyl (C=O) groups is 1. The lowest BCUT2D eigenvalue weighted by Crippen LogP contribution is -2.17. The highest BCUT2D eigenvalue weighted by Crippen LogP contribution is 2.14.